The number of benzene rings is 1. The Morgan fingerprint density at radius 3 is 2.76 bits per heavy atom. The second-order valence-corrected chi connectivity index (χ2v) is 6.61. The molecule has 1 aromatic rings. The van der Waals surface area contributed by atoms with Gasteiger partial charge < -0.3 is 5.11 Å². The molecule has 1 heterocycles. The molecule has 0 amide bonds. The van der Waals surface area contributed by atoms with E-state index < -0.39 is 5.97 Å². The van der Waals surface area contributed by atoms with E-state index >= 15 is 0 Å². The molecule has 1 N–H and O–H groups in total. The van der Waals surface area contributed by atoms with Crippen molar-refractivity contribution in [1.82, 2.24) is 4.90 Å². The van der Waals surface area contributed by atoms with Crippen molar-refractivity contribution in [3.05, 3.63) is 35.6 Å². The predicted molar refractivity (Wildman–Crippen MR) is 78.3 cm³/mol. The molecule has 1 saturated carbocycles. The SMILES string of the molecule is O=C(O)C1CN(Cc2cccc(F)c2)CC12CCCCC2. The van der Waals surface area contributed by atoms with E-state index in [1.165, 1.54) is 12.5 Å². The molecule has 1 atom stereocenters. The fourth-order valence-electron chi connectivity index (χ4n) is 4.19. The van der Waals surface area contributed by atoms with Crippen LogP contribution in [0.25, 0.3) is 0 Å². The van der Waals surface area contributed by atoms with E-state index in [9.17, 15) is 14.3 Å². The van der Waals surface area contributed by atoms with Crippen molar-refractivity contribution < 1.29 is 14.3 Å². The number of likely N-dealkylation sites (tertiary alicyclic amines) is 1. The number of hydrogen-bond donors (Lipinski definition) is 1. The highest BCUT2D eigenvalue weighted by atomic mass is 19.1. The third-order valence-electron chi connectivity index (χ3n) is 5.16. The van der Waals surface area contributed by atoms with E-state index in [0.717, 1.165) is 37.8 Å². The lowest BCUT2D eigenvalue weighted by Crippen LogP contribution is -2.36. The van der Waals surface area contributed by atoms with Gasteiger partial charge in [-0.15, -0.1) is 0 Å². The first-order valence-corrected chi connectivity index (χ1v) is 7.79. The summed E-state index contributed by atoms with van der Waals surface area (Å²) in [6, 6.07) is 6.61. The number of halogens is 1. The molecule has 0 bridgehead atoms. The minimum absolute atomic E-state index is 0.0581. The van der Waals surface area contributed by atoms with Gasteiger partial charge in [0.2, 0.25) is 0 Å². The standard InChI is InChI=1S/C17H22FNO2/c18-14-6-4-5-13(9-14)10-19-11-15(16(20)21)17(12-19)7-2-1-3-8-17/h4-6,9,15H,1-3,7-8,10-12H2,(H,20,21). The van der Waals surface area contributed by atoms with Crippen molar-refractivity contribution in [2.45, 2.75) is 38.6 Å². The van der Waals surface area contributed by atoms with Crippen LogP contribution in [-0.2, 0) is 11.3 Å². The molecule has 1 spiro atoms. The van der Waals surface area contributed by atoms with Crippen LogP contribution in [0.2, 0.25) is 0 Å². The normalized spacial score (nSPS) is 25.3. The molecular formula is C17H22FNO2. The van der Waals surface area contributed by atoms with Gasteiger partial charge in [0.25, 0.3) is 0 Å². The number of carbonyl (C=O) groups is 1. The Hall–Kier alpha value is -1.42. The number of carboxylic acid groups (broad SMARTS) is 1. The van der Waals surface area contributed by atoms with Crippen molar-refractivity contribution >= 4 is 5.97 Å². The molecule has 114 valence electrons. The maximum atomic E-state index is 13.3. The Balaban J connectivity index is 1.75. The van der Waals surface area contributed by atoms with Crippen LogP contribution >= 0.6 is 0 Å². The minimum atomic E-state index is -0.668. The first-order chi connectivity index (χ1) is 10.1. The number of rotatable bonds is 3. The smallest absolute Gasteiger partial charge is 0.308 e. The average molecular weight is 291 g/mol. The van der Waals surface area contributed by atoms with Crippen molar-refractivity contribution in [3.63, 3.8) is 0 Å². The van der Waals surface area contributed by atoms with E-state index in [4.69, 9.17) is 0 Å². The lowest BCUT2D eigenvalue weighted by Gasteiger charge is -2.36. The summed E-state index contributed by atoms with van der Waals surface area (Å²) in [6.07, 6.45) is 5.53. The van der Waals surface area contributed by atoms with Crippen LogP contribution < -0.4 is 0 Å². The van der Waals surface area contributed by atoms with Gasteiger partial charge >= 0.3 is 5.97 Å². The van der Waals surface area contributed by atoms with Gasteiger partial charge in [0.1, 0.15) is 5.82 Å². The van der Waals surface area contributed by atoms with Gasteiger partial charge in [0.05, 0.1) is 5.92 Å². The fraction of sp³-hybridized carbons (Fsp3) is 0.588. The fourth-order valence-corrected chi connectivity index (χ4v) is 4.19. The number of aliphatic carboxylic acids is 1. The zero-order valence-electron chi connectivity index (χ0n) is 12.2. The largest absolute Gasteiger partial charge is 0.481 e. The van der Waals surface area contributed by atoms with Gasteiger partial charge in [-0.2, -0.15) is 0 Å². The summed E-state index contributed by atoms with van der Waals surface area (Å²) in [7, 11) is 0. The van der Waals surface area contributed by atoms with Gasteiger partial charge in [-0.05, 0) is 36.0 Å². The van der Waals surface area contributed by atoms with E-state index in [2.05, 4.69) is 4.90 Å². The Kier molecular flexibility index (Phi) is 3.98. The number of hydrogen-bond acceptors (Lipinski definition) is 2. The summed E-state index contributed by atoms with van der Waals surface area (Å²) < 4.78 is 13.3. The zero-order chi connectivity index (χ0) is 14.9. The van der Waals surface area contributed by atoms with Crippen molar-refractivity contribution in [2.24, 2.45) is 11.3 Å². The van der Waals surface area contributed by atoms with Gasteiger partial charge in [-0.3, -0.25) is 9.69 Å². The summed E-state index contributed by atoms with van der Waals surface area (Å²) in [4.78, 5) is 13.8. The Morgan fingerprint density at radius 2 is 2.10 bits per heavy atom. The van der Waals surface area contributed by atoms with Gasteiger partial charge in [0, 0.05) is 19.6 Å². The minimum Gasteiger partial charge on any atom is -0.481 e. The topological polar surface area (TPSA) is 40.5 Å². The monoisotopic (exact) mass is 291 g/mol. The Bertz CT molecular complexity index is 525. The molecule has 2 aliphatic rings. The molecule has 1 aliphatic heterocycles. The lowest BCUT2D eigenvalue weighted by molar-refractivity contribution is -0.145. The summed E-state index contributed by atoms with van der Waals surface area (Å²) in [5, 5.41) is 9.57. The van der Waals surface area contributed by atoms with Gasteiger partial charge in [-0.25, -0.2) is 4.39 Å². The molecule has 21 heavy (non-hydrogen) atoms. The predicted octanol–water partition coefficient (Wildman–Crippen LogP) is 3.29. The number of nitrogens with zero attached hydrogens (tertiary/aromatic N) is 1. The molecule has 0 aromatic heterocycles. The first-order valence-electron chi connectivity index (χ1n) is 7.79. The van der Waals surface area contributed by atoms with Crippen molar-refractivity contribution in [1.29, 1.82) is 0 Å². The number of carboxylic acids is 1. The van der Waals surface area contributed by atoms with Crippen LogP contribution in [0.4, 0.5) is 4.39 Å². The molecule has 3 nitrogen and oxygen atoms in total. The molecule has 0 radical (unpaired) electrons. The molecule has 4 heteroatoms. The highest BCUT2D eigenvalue weighted by molar-refractivity contribution is 5.72. The summed E-state index contributed by atoms with van der Waals surface area (Å²) >= 11 is 0. The van der Waals surface area contributed by atoms with Gasteiger partial charge in [0.15, 0.2) is 0 Å². The van der Waals surface area contributed by atoms with Gasteiger partial charge in [-0.1, -0.05) is 31.4 Å². The Morgan fingerprint density at radius 1 is 1.33 bits per heavy atom. The van der Waals surface area contributed by atoms with E-state index in [1.54, 1.807) is 12.1 Å². The summed E-state index contributed by atoms with van der Waals surface area (Å²) in [5.41, 5.74) is 0.865. The van der Waals surface area contributed by atoms with E-state index in [0.29, 0.717) is 13.1 Å². The third kappa shape index (κ3) is 2.95. The first kappa shape index (κ1) is 14.5. The molecule has 1 aromatic carbocycles. The maximum Gasteiger partial charge on any atom is 0.308 e. The zero-order valence-corrected chi connectivity index (χ0v) is 12.2. The summed E-state index contributed by atoms with van der Waals surface area (Å²) in [5.74, 6) is -1.17. The second-order valence-electron chi connectivity index (χ2n) is 6.61. The molecule has 1 aliphatic carbocycles. The van der Waals surface area contributed by atoms with Crippen LogP contribution in [0, 0.1) is 17.2 Å². The molecular weight excluding hydrogens is 269 g/mol. The molecule has 1 saturated heterocycles. The second kappa shape index (κ2) is 5.76. The average Bonchev–Trinajstić information content (AvgIpc) is 2.78. The van der Waals surface area contributed by atoms with Crippen LogP contribution in [0.15, 0.2) is 24.3 Å². The molecule has 3 rings (SSSR count). The lowest BCUT2D eigenvalue weighted by atomic mass is 9.68. The van der Waals surface area contributed by atoms with E-state index in [-0.39, 0.29) is 17.2 Å². The van der Waals surface area contributed by atoms with Crippen LogP contribution in [0.5, 0.6) is 0 Å². The highest BCUT2D eigenvalue weighted by Gasteiger charge is 2.50. The van der Waals surface area contributed by atoms with Crippen LogP contribution in [0.1, 0.15) is 37.7 Å². The summed E-state index contributed by atoms with van der Waals surface area (Å²) in [6.45, 7) is 2.07. The van der Waals surface area contributed by atoms with Crippen molar-refractivity contribution in [3.8, 4) is 0 Å². The Labute approximate surface area is 124 Å². The van der Waals surface area contributed by atoms with Crippen LogP contribution in [0.3, 0.4) is 0 Å². The van der Waals surface area contributed by atoms with E-state index in [1.807, 2.05) is 6.07 Å². The highest BCUT2D eigenvalue weighted by Crippen LogP contribution is 2.47. The molecule has 1 unspecified atom stereocenters. The maximum absolute atomic E-state index is 13.3. The molecule has 2 fully saturated rings. The third-order valence-corrected chi connectivity index (χ3v) is 5.16. The van der Waals surface area contributed by atoms with Crippen molar-refractivity contribution in [2.75, 3.05) is 13.1 Å². The quantitative estimate of drug-likeness (QED) is 0.929. The van der Waals surface area contributed by atoms with Crippen LogP contribution in [-0.4, -0.2) is 29.1 Å².